The van der Waals surface area contributed by atoms with Crippen LogP contribution < -0.4 is 5.32 Å². The smallest absolute Gasteiger partial charge is 0.194 e. The van der Waals surface area contributed by atoms with Crippen LogP contribution in [0.15, 0.2) is 29.3 Å². The van der Waals surface area contributed by atoms with E-state index < -0.39 is 0 Å². The summed E-state index contributed by atoms with van der Waals surface area (Å²) in [5.41, 5.74) is 1.10. The van der Waals surface area contributed by atoms with Crippen molar-refractivity contribution in [1.29, 1.82) is 0 Å². The van der Waals surface area contributed by atoms with Crippen LogP contribution in [0.25, 0.3) is 0 Å². The molecule has 2 saturated heterocycles. The van der Waals surface area contributed by atoms with E-state index in [-0.39, 0.29) is 12.2 Å². The van der Waals surface area contributed by atoms with Gasteiger partial charge in [-0.1, -0.05) is 12.1 Å². The highest BCUT2D eigenvalue weighted by atomic mass is 16.5. The molecule has 0 aromatic heterocycles. The zero-order valence-corrected chi connectivity index (χ0v) is 15.0. The predicted octanol–water partition coefficient (Wildman–Crippen LogP) is 1.78. The number of phenolic OH excluding ortho intramolecular Hbond substituents is 1. The Morgan fingerprint density at radius 2 is 2.20 bits per heavy atom. The first-order valence-corrected chi connectivity index (χ1v) is 9.30. The fourth-order valence-corrected chi connectivity index (χ4v) is 3.42. The van der Waals surface area contributed by atoms with E-state index in [1.807, 2.05) is 12.1 Å². The number of guanidine groups is 1. The van der Waals surface area contributed by atoms with Crippen molar-refractivity contribution in [3.05, 3.63) is 29.8 Å². The van der Waals surface area contributed by atoms with Crippen molar-refractivity contribution in [2.45, 2.75) is 38.4 Å². The molecule has 1 aromatic rings. The number of aliphatic imine (C=N–C) groups is 1. The minimum atomic E-state index is 0.131. The summed E-state index contributed by atoms with van der Waals surface area (Å²) in [6.45, 7) is 6.84. The first kappa shape index (κ1) is 18.0. The molecule has 2 aliphatic heterocycles. The van der Waals surface area contributed by atoms with Gasteiger partial charge in [-0.25, -0.2) is 0 Å². The van der Waals surface area contributed by atoms with Gasteiger partial charge in [0, 0.05) is 32.8 Å². The second-order valence-corrected chi connectivity index (χ2v) is 6.56. The molecule has 1 aromatic carbocycles. The molecule has 6 heteroatoms. The van der Waals surface area contributed by atoms with E-state index in [0.29, 0.717) is 18.9 Å². The second-order valence-electron chi connectivity index (χ2n) is 6.56. The summed E-state index contributed by atoms with van der Waals surface area (Å²) in [7, 11) is 0. The molecule has 2 atom stereocenters. The molecule has 0 spiro atoms. The van der Waals surface area contributed by atoms with Crippen LogP contribution in [0.5, 0.6) is 5.75 Å². The van der Waals surface area contributed by atoms with E-state index in [2.05, 4.69) is 17.1 Å². The van der Waals surface area contributed by atoms with Gasteiger partial charge in [-0.05, 0) is 43.9 Å². The molecule has 0 amide bonds. The molecule has 2 fully saturated rings. The number of rotatable bonds is 5. The molecule has 2 unspecified atom stereocenters. The number of benzene rings is 1. The predicted molar refractivity (Wildman–Crippen MR) is 98.1 cm³/mol. The topological polar surface area (TPSA) is 66.3 Å². The molecule has 6 nitrogen and oxygen atoms in total. The van der Waals surface area contributed by atoms with Gasteiger partial charge in [-0.3, -0.25) is 4.99 Å². The van der Waals surface area contributed by atoms with Crippen LogP contribution in [0.4, 0.5) is 0 Å². The van der Waals surface area contributed by atoms with E-state index in [9.17, 15) is 5.11 Å². The molecule has 2 N–H and O–H groups in total. The highest BCUT2D eigenvalue weighted by Gasteiger charge is 2.32. The molecular formula is C19H29N3O3. The summed E-state index contributed by atoms with van der Waals surface area (Å²) < 4.78 is 11.7. The lowest BCUT2D eigenvalue weighted by atomic mass is 10.1. The number of morpholine rings is 1. The number of phenols is 1. The third kappa shape index (κ3) is 5.09. The van der Waals surface area contributed by atoms with Crippen LogP contribution in [0, 0.1) is 0 Å². The van der Waals surface area contributed by atoms with Crippen molar-refractivity contribution in [1.82, 2.24) is 10.2 Å². The minimum Gasteiger partial charge on any atom is -0.508 e. The minimum absolute atomic E-state index is 0.131. The second kappa shape index (κ2) is 9.06. The van der Waals surface area contributed by atoms with Gasteiger partial charge >= 0.3 is 0 Å². The van der Waals surface area contributed by atoms with Crippen molar-refractivity contribution in [3.63, 3.8) is 0 Å². The number of nitrogens with zero attached hydrogens (tertiary/aromatic N) is 2. The lowest BCUT2D eigenvalue weighted by Crippen LogP contribution is -2.53. The fourth-order valence-electron chi connectivity index (χ4n) is 3.42. The van der Waals surface area contributed by atoms with Gasteiger partial charge in [0.05, 0.1) is 12.7 Å². The maximum atomic E-state index is 9.56. The molecule has 25 heavy (non-hydrogen) atoms. The van der Waals surface area contributed by atoms with Crippen LogP contribution in [-0.2, 0) is 15.9 Å². The van der Waals surface area contributed by atoms with E-state index in [4.69, 9.17) is 14.5 Å². The maximum absolute atomic E-state index is 9.56. The van der Waals surface area contributed by atoms with Crippen LogP contribution in [0.2, 0.25) is 0 Å². The van der Waals surface area contributed by atoms with Crippen LogP contribution in [0.1, 0.15) is 25.3 Å². The molecule has 3 rings (SSSR count). The molecule has 0 radical (unpaired) electrons. The molecule has 2 heterocycles. The van der Waals surface area contributed by atoms with Gasteiger partial charge in [-0.2, -0.15) is 0 Å². The van der Waals surface area contributed by atoms with Gasteiger partial charge in [-0.15, -0.1) is 0 Å². The summed E-state index contributed by atoms with van der Waals surface area (Å²) >= 11 is 0. The summed E-state index contributed by atoms with van der Waals surface area (Å²) in [4.78, 5) is 7.06. The monoisotopic (exact) mass is 347 g/mol. The summed E-state index contributed by atoms with van der Waals surface area (Å²) in [5, 5.41) is 13.0. The summed E-state index contributed by atoms with van der Waals surface area (Å²) in [6.07, 6.45) is 3.37. The molecule has 0 saturated carbocycles. The van der Waals surface area contributed by atoms with E-state index >= 15 is 0 Å². The van der Waals surface area contributed by atoms with Crippen molar-refractivity contribution in [2.24, 2.45) is 4.99 Å². The van der Waals surface area contributed by atoms with Crippen LogP contribution in [-0.4, -0.2) is 67.6 Å². The molecule has 0 aliphatic carbocycles. The average Bonchev–Trinajstić information content (AvgIpc) is 3.16. The number of hydrogen-bond donors (Lipinski definition) is 2. The Morgan fingerprint density at radius 3 is 2.96 bits per heavy atom. The highest BCUT2D eigenvalue weighted by Crippen LogP contribution is 2.21. The standard InChI is InChI=1S/C19H29N3O3/c1-2-20-19(21-9-8-15-5-3-6-16(23)13-15)22-10-12-25-18(14-22)17-7-4-11-24-17/h3,5-6,13,17-18,23H,2,4,7-12,14H2,1H3,(H,20,21). The number of hydrogen-bond acceptors (Lipinski definition) is 4. The third-order valence-corrected chi connectivity index (χ3v) is 4.68. The normalized spacial score (nSPS) is 24.5. The molecule has 138 valence electrons. The maximum Gasteiger partial charge on any atom is 0.194 e. The quantitative estimate of drug-likeness (QED) is 0.628. The molecular weight excluding hydrogens is 318 g/mol. The Balaban J connectivity index is 1.58. The van der Waals surface area contributed by atoms with Crippen LogP contribution in [0.3, 0.4) is 0 Å². The Hall–Kier alpha value is -1.79. The van der Waals surface area contributed by atoms with E-state index in [1.54, 1.807) is 12.1 Å². The van der Waals surface area contributed by atoms with Crippen molar-refractivity contribution in [2.75, 3.05) is 39.4 Å². The lowest BCUT2D eigenvalue weighted by Gasteiger charge is -2.37. The third-order valence-electron chi connectivity index (χ3n) is 4.68. The van der Waals surface area contributed by atoms with Crippen LogP contribution >= 0.6 is 0 Å². The largest absolute Gasteiger partial charge is 0.508 e. The van der Waals surface area contributed by atoms with Crippen molar-refractivity contribution in [3.8, 4) is 5.75 Å². The Morgan fingerprint density at radius 1 is 1.32 bits per heavy atom. The van der Waals surface area contributed by atoms with E-state index in [0.717, 1.165) is 57.0 Å². The Bertz CT molecular complexity index is 573. The van der Waals surface area contributed by atoms with Gasteiger partial charge < -0.3 is 24.8 Å². The highest BCUT2D eigenvalue weighted by molar-refractivity contribution is 5.80. The Kier molecular flexibility index (Phi) is 6.53. The number of ether oxygens (including phenoxy) is 2. The van der Waals surface area contributed by atoms with Gasteiger partial charge in [0.1, 0.15) is 11.9 Å². The first-order chi connectivity index (χ1) is 12.3. The molecule has 0 bridgehead atoms. The molecule has 2 aliphatic rings. The van der Waals surface area contributed by atoms with Gasteiger partial charge in [0.15, 0.2) is 5.96 Å². The van der Waals surface area contributed by atoms with Gasteiger partial charge in [0.2, 0.25) is 0 Å². The zero-order chi connectivity index (χ0) is 17.5. The lowest BCUT2D eigenvalue weighted by molar-refractivity contribution is -0.0817. The number of nitrogens with one attached hydrogen (secondary N) is 1. The fraction of sp³-hybridized carbons (Fsp3) is 0.632. The first-order valence-electron chi connectivity index (χ1n) is 9.30. The summed E-state index contributed by atoms with van der Waals surface area (Å²) in [5.74, 6) is 1.25. The van der Waals surface area contributed by atoms with Gasteiger partial charge in [0.25, 0.3) is 0 Å². The average molecular weight is 347 g/mol. The summed E-state index contributed by atoms with van der Waals surface area (Å²) in [6, 6.07) is 7.37. The number of aromatic hydroxyl groups is 1. The zero-order valence-electron chi connectivity index (χ0n) is 15.0. The van der Waals surface area contributed by atoms with E-state index in [1.165, 1.54) is 0 Å². The van der Waals surface area contributed by atoms with Crippen molar-refractivity contribution < 1.29 is 14.6 Å². The van der Waals surface area contributed by atoms with Crippen molar-refractivity contribution >= 4 is 5.96 Å². The SMILES string of the molecule is CCNC(=NCCc1cccc(O)c1)N1CCOC(C2CCCO2)C1. The Labute approximate surface area is 149 Å².